The Morgan fingerprint density at radius 2 is 1.96 bits per heavy atom. The molecule has 1 atom stereocenters. The van der Waals surface area contributed by atoms with Crippen LogP contribution in [0.5, 0.6) is 5.75 Å². The van der Waals surface area contributed by atoms with Gasteiger partial charge in [0.15, 0.2) is 6.10 Å². The molecule has 3 rings (SSSR count). The molecule has 3 aromatic rings. The molecule has 0 fully saturated rings. The number of aromatic nitrogens is 2. The number of benzene rings is 2. The van der Waals surface area contributed by atoms with Gasteiger partial charge in [0.2, 0.25) is 5.89 Å². The normalized spacial score (nSPS) is 11.8. The molecular formula is C19H17ClN2O4. The number of halogens is 1. The van der Waals surface area contributed by atoms with E-state index in [-0.39, 0.29) is 12.3 Å². The molecule has 6 nitrogen and oxygen atoms in total. The maximum Gasteiger partial charge on any atom is 0.311 e. The molecular weight excluding hydrogens is 356 g/mol. The molecule has 0 aliphatic carbocycles. The third-order valence-electron chi connectivity index (χ3n) is 3.69. The van der Waals surface area contributed by atoms with Crippen molar-refractivity contribution in [3.8, 4) is 17.2 Å². The highest BCUT2D eigenvalue weighted by Crippen LogP contribution is 2.25. The number of carbonyl (C=O) groups is 1. The molecule has 26 heavy (non-hydrogen) atoms. The van der Waals surface area contributed by atoms with Crippen molar-refractivity contribution < 1.29 is 18.7 Å². The van der Waals surface area contributed by atoms with Crippen molar-refractivity contribution in [3.63, 3.8) is 0 Å². The second kappa shape index (κ2) is 8.01. The summed E-state index contributed by atoms with van der Waals surface area (Å²) in [6, 6.07) is 14.4. The van der Waals surface area contributed by atoms with E-state index in [4.69, 9.17) is 25.5 Å². The number of methoxy groups -OCH3 is 1. The Balaban J connectivity index is 1.67. The first kappa shape index (κ1) is 17.9. The van der Waals surface area contributed by atoms with Crippen molar-refractivity contribution in [2.45, 2.75) is 19.4 Å². The highest BCUT2D eigenvalue weighted by atomic mass is 35.5. The minimum atomic E-state index is -0.669. The van der Waals surface area contributed by atoms with Gasteiger partial charge in [0.1, 0.15) is 5.75 Å². The van der Waals surface area contributed by atoms with Crippen LogP contribution in [0.2, 0.25) is 5.02 Å². The minimum absolute atomic E-state index is 0.0216. The average molecular weight is 373 g/mol. The van der Waals surface area contributed by atoms with Gasteiger partial charge < -0.3 is 13.9 Å². The van der Waals surface area contributed by atoms with Crippen LogP contribution in [0.1, 0.15) is 24.5 Å². The van der Waals surface area contributed by atoms with E-state index < -0.39 is 12.1 Å². The van der Waals surface area contributed by atoms with Gasteiger partial charge in [-0.15, -0.1) is 10.2 Å². The summed E-state index contributed by atoms with van der Waals surface area (Å²) < 4.78 is 16.2. The fourth-order valence-electron chi connectivity index (χ4n) is 2.43. The SMILES string of the molecule is COc1ccc(Cl)cc1CC(=O)O[C@@H](C)c1nnc(-c2ccccc2)o1. The second-order valence-corrected chi connectivity index (χ2v) is 6.01. The molecule has 2 aromatic carbocycles. The molecule has 0 N–H and O–H groups in total. The lowest BCUT2D eigenvalue weighted by atomic mass is 10.1. The first-order valence-corrected chi connectivity index (χ1v) is 8.35. The number of hydrogen-bond acceptors (Lipinski definition) is 6. The molecule has 0 aliphatic rings. The molecule has 0 saturated heterocycles. The predicted octanol–water partition coefficient (Wildman–Crippen LogP) is 4.25. The Labute approximate surface area is 155 Å². The highest BCUT2D eigenvalue weighted by molar-refractivity contribution is 6.30. The fourth-order valence-corrected chi connectivity index (χ4v) is 2.62. The summed E-state index contributed by atoms with van der Waals surface area (Å²) in [5.74, 6) is 0.732. The molecule has 1 heterocycles. The standard InChI is InChI=1S/C19H17ClN2O4/c1-12(18-21-22-19(26-18)13-6-4-3-5-7-13)25-17(23)11-14-10-15(20)8-9-16(14)24-2/h3-10,12H,11H2,1-2H3/t12-/m0/s1. The average Bonchev–Trinajstić information content (AvgIpc) is 3.13. The summed E-state index contributed by atoms with van der Waals surface area (Å²) in [6.07, 6.45) is -0.647. The van der Waals surface area contributed by atoms with Crippen molar-refractivity contribution >= 4 is 17.6 Å². The Hall–Kier alpha value is -2.86. The van der Waals surface area contributed by atoms with E-state index in [9.17, 15) is 4.79 Å². The van der Waals surface area contributed by atoms with Gasteiger partial charge in [-0.1, -0.05) is 29.8 Å². The minimum Gasteiger partial charge on any atom is -0.496 e. The summed E-state index contributed by atoms with van der Waals surface area (Å²) in [7, 11) is 1.53. The van der Waals surface area contributed by atoms with E-state index in [2.05, 4.69) is 10.2 Å². The Morgan fingerprint density at radius 3 is 2.69 bits per heavy atom. The summed E-state index contributed by atoms with van der Waals surface area (Å²) in [5, 5.41) is 8.47. The van der Waals surface area contributed by atoms with Crippen molar-refractivity contribution in [1.29, 1.82) is 0 Å². The van der Waals surface area contributed by atoms with Crippen LogP contribution in [0.25, 0.3) is 11.5 Å². The molecule has 134 valence electrons. The second-order valence-electron chi connectivity index (χ2n) is 5.58. The zero-order valence-corrected chi connectivity index (χ0v) is 15.1. The molecule has 0 saturated carbocycles. The van der Waals surface area contributed by atoms with Gasteiger partial charge in [0.25, 0.3) is 5.89 Å². The van der Waals surface area contributed by atoms with Gasteiger partial charge in [-0.25, -0.2) is 0 Å². The van der Waals surface area contributed by atoms with E-state index in [1.165, 1.54) is 7.11 Å². The van der Waals surface area contributed by atoms with E-state index in [0.29, 0.717) is 22.2 Å². The molecule has 0 radical (unpaired) electrons. The van der Waals surface area contributed by atoms with Gasteiger partial charge in [-0.3, -0.25) is 4.79 Å². The first-order chi connectivity index (χ1) is 12.6. The van der Waals surface area contributed by atoms with Crippen molar-refractivity contribution in [3.05, 3.63) is 65.0 Å². The van der Waals surface area contributed by atoms with Crippen molar-refractivity contribution in [2.75, 3.05) is 7.11 Å². The zero-order valence-electron chi connectivity index (χ0n) is 14.3. The van der Waals surface area contributed by atoms with Crippen molar-refractivity contribution in [2.24, 2.45) is 0 Å². The van der Waals surface area contributed by atoms with Crippen LogP contribution in [0.4, 0.5) is 0 Å². The third kappa shape index (κ3) is 4.21. The summed E-state index contributed by atoms with van der Waals surface area (Å²) in [5.41, 5.74) is 1.45. The quantitative estimate of drug-likeness (QED) is 0.602. The van der Waals surface area contributed by atoms with E-state index >= 15 is 0 Å². The third-order valence-corrected chi connectivity index (χ3v) is 3.93. The van der Waals surface area contributed by atoms with Gasteiger partial charge in [-0.05, 0) is 37.3 Å². The number of ether oxygens (including phenoxy) is 2. The molecule has 0 aliphatic heterocycles. The summed E-state index contributed by atoms with van der Waals surface area (Å²) in [4.78, 5) is 12.2. The van der Waals surface area contributed by atoms with Crippen molar-refractivity contribution in [1.82, 2.24) is 10.2 Å². The van der Waals surface area contributed by atoms with E-state index in [1.54, 1.807) is 25.1 Å². The van der Waals surface area contributed by atoms with Crippen LogP contribution >= 0.6 is 11.6 Å². The van der Waals surface area contributed by atoms with Gasteiger partial charge >= 0.3 is 5.97 Å². The number of hydrogen-bond donors (Lipinski definition) is 0. The lowest BCUT2D eigenvalue weighted by molar-refractivity contribution is -0.148. The lowest BCUT2D eigenvalue weighted by Crippen LogP contribution is -2.12. The van der Waals surface area contributed by atoms with E-state index in [1.807, 2.05) is 30.3 Å². The zero-order chi connectivity index (χ0) is 18.5. The fraction of sp³-hybridized carbons (Fsp3) is 0.211. The smallest absolute Gasteiger partial charge is 0.311 e. The van der Waals surface area contributed by atoms with Crippen LogP contribution in [0.3, 0.4) is 0 Å². The maximum atomic E-state index is 12.2. The van der Waals surface area contributed by atoms with Gasteiger partial charge in [-0.2, -0.15) is 0 Å². The maximum absolute atomic E-state index is 12.2. The molecule has 7 heteroatoms. The number of rotatable bonds is 6. The van der Waals surface area contributed by atoms with Crippen LogP contribution in [0, 0.1) is 0 Å². The molecule has 0 amide bonds. The van der Waals surface area contributed by atoms with Crippen LogP contribution < -0.4 is 4.74 Å². The molecule has 0 spiro atoms. The predicted molar refractivity (Wildman–Crippen MR) is 95.9 cm³/mol. The molecule has 0 unspecified atom stereocenters. The monoisotopic (exact) mass is 372 g/mol. The first-order valence-electron chi connectivity index (χ1n) is 7.97. The van der Waals surface area contributed by atoms with Crippen LogP contribution in [0.15, 0.2) is 52.9 Å². The number of nitrogens with zero attached hydrogens (tertiary/aromatic N) is 2. The van der Waals surface area contributed by atoms with Gasteiger partial charge in [0, 0.05) is 16.1 Å². The molecule has 0 bridgehead atoms. The Kier molecular flexibility index (Phi) is 5.53. The molecule has 1 aromatic heterocycles. The number of carbonyl (C=O) groups excluding carboxylic acids is 1. The summed E-state index contributed by atoms with van der Waals surface area (Å²) in [6.45, 7) is 1.68. The Bertz CT molecular complexity index is 896. The lowest BCUT2D eigenvalue weighted by Gasteiger charge is -2.11. The Morgan fingerprint density at radius 1 is 1.19 bits per heavy atom. The highest BCUT2D eigenvalue weighted by Gasteiger charge is 2.20. The largest absolute Gasteiger partial charge is 0.496 e. The summed E-state index contributed by atoms with van der Waals surface area (Å²) >= 11 is 5.98. The topological polar surface area (TPSA) is 74.5 Å². The van der Waals surface area contributed by atoms with Gasteiger partial charge in [0.05, 0.1) is 13.5 Å². The van der Waals surface area contributed by atoms with Crippen LogP contribution in [-0.2, 0) is 16.0 Å². The number of esters is 1. The van der Waals surface area contributed by atoms with Crippen LogP contribution in [-0.4, -0.2) is 23.3 Å². The van der Waals surface area contributed by atoms with E-state index in [0.717, 1.165) is 5.56 Å².